The first kappa shape index (κ1) is 25.7. The molecule has 0 aliphatic rings. The predicted molar refractivity (Wildman–Crippen MR) is 128 cm³/mol. The number of methoxy groups -OCH3 is 1. The zero-order valence-electron chi connectivity index (χ0n) is 19.5. The number of halogens is 1. The minimum absolute atomic E-state index is 0.155. The lowest BCUT2D eigenvalue weighted by atomic mass is 10.1. The number of hydrogen-bond acceptors (Lipinski definition) is 4. The molecule has 0 aromatic heterocycles. The average Bonchev–Trinajstić information content (AvgIpc) is 2.74. The molecule has 0 bridgehead atoms. The number of carbonyl (C=O) groups is 2. The van der Waals surface area contributed by atoms with Crippen molar-refractivity contribution in [1.29, 1.82) is 0 Å². The highest BCUT2D eigenvalue weighted by Crippen LogP contribution is 2.20. The summed E-state index contributed by atoms with van der Waals surface area (Å²) in [6, 6.07) is 13.4. The van der Waals surface area contributed by atoms with E-state index in [2.05, 4.69) is 5.32 Å². The van der Waals surface area contributed by atoms with Crippen LogP contribution in [-0.2, 0) is 21.9 Å². The summed E-state index contributed by atoms with van der Waals surface area (Å²) in [5, 5.41) is 2.99. The van der Waals surface area contributed by atoms with Crippen molar-refractivity contribution >= 4 is 23.6 Å². The van der Waals surface area contributed by atoms with Crippen LogP contribution in [0.15, 0.2) is 48.5 Å². The lowest BCUT2D eigenvalue weighted by molar-refractivity contribution is -0.140. The number of benzene rings is 2. The molecule has 7 heteroatoms. The highest BCUT2D eigenvalue weighted by atomic mass is 32.2. The lowest BCUT2D eigenvalue weighted by Crippen LogP contribution is -2.53. The van der Waals surface area contributed by atoms with Gasteiger partial charge in [-0.1, -0.05) is 37.3 Å². The number of ether oxygens (including phenoxy) is 1. The Balaban J connectivity index is 2.17. The summed E-state index contributed by atoms with van der Waals surface area (Å²) < 4.78 is 19.1. The van der Waals surface area contributed by atoms with Gasteiger partial charge in [0.15, 0.2) is 0 Å². The van der Waals surface area contributed by atoms with Crippen LogP contribution in [0.2, 0.25) is 0 Å². The zero-order chi connectivity index (χ0) is 23.7. The van der Waals surface area contributed by atoms with Gasteiger partial charge in [0.2, 0.25) is 11.8 Å². The van der Waals surface area contributed by atoms with Gasteiger partial charge in [0.05, 0.1) is 12.9 Å². The van der Waals surface area contributed by atoms with Gasteiger partial charge in [-0.15, -0.1) is 11.8 Å². The number of rotatable bonds is 10. The maximum absolute atomic E-state index is 13.9. The zero-order valence-corrected chi connectivity index (χ0v) is 20.3. The molecule has 0 aliphatic heterocycles. The molecule has 0 spiro atoms. The van der Waals surface area contributed by atoms with Crippen molar-refractivity contribution in [1.82, 2.24) is 10.2 Å². The third-order valence-electron chi connectivity index (χ3n) is 4.84. The van der Waals surface area contributed by atoms with E-state index in [1.165, 1.54) is 17.8 Å². The van der Waals surface area contributed by atoms with Crippen molar-refractivity contribution in [2.75, 3.05) is 12.9 Å². The Hall–Kier alpha value is -2.54. The van der Waals surface area contributed by atoms with Crippen LogP contribution in [0.4, 0.5) is 4.39 Å². The van der Waals surface area contributed by atoms with Crippen LogP contribution in [0.3, 0.4) is 0 Å². The van der Waals surface area contributed by atoms with Gasteiger partial charge in [0, 0.05) is 17.8 Å². The van der Waals surface area contributed by atoms with E-state index in [9.17, 15) is 14.0 Å². The van der Waals surface area contributed by atoms with Crippen LogP contribution in [0.25, 0.3) is 0 Å². The molecule has 0 unspecified atom stereocenters. The van der Waals surface area contributed by atoms with E-state index in [0.717, 1.165) is 11.3 Å². The van der Waals surface area contributed by atoms with Crippen molar-refractivity contribution in [2.45, 2.75) is 58.0 Å². The Bertz CT molecular complexity index is 897. The van der Waals surface area contributed by atoms with E-state index in [1.54, 1.807) is 30.2 Å². The van der Waals surface area contributed by atoms with Gasteiger partial charge in [0.25, 0.3) is 0 Å². The van der Waals surface area contributed by atoms with Crippen molar-refractivity contribution in [3.05, 3.63) is 65.5 Å². The summed E-state index contributed by atoms with van der Waals surface area (Å²) in [5.74, 6) is 0.658. The van der Waals surface area contributed by atoms with Crippen LogP contribution in [0.5, 0.6) is 5.75 Å². The van der Waals surface area contributed by atoms with Crippen LogP contribution >= 0.6 is 11.8 Å². The Kier molecular flexibility index (Phi) is 9.57. The first-order chi connectivity index (χ1) is 15.1. The maximum Gasteiger partial charge on any atom is 0.243 e. The van der Waals surface area contributed by atoms with Crippen LogP contribution in [0, 0.1) is 5.82 Å². The van der Waals surface area contributed by atoms with Gasteiger partial charge in [-0.2, -0.15) is 0 Å². The fourth-order valence-electron chi connectivity index (χ4n) is 3.25. The predicted octanol–water partition coefficient (Wildman–Crippen LogP) is 4.79. The smallest absolute Gasteiger partial charge is 0.243 e. The average molecular weight is 461 g/mol. The fourth-order valence-corrected chi connectivity index (χ4v) is 4.14. The summed E-state index contributed by atoms with van der Waals surface area (Å²) in [4.78, 5) is 27.8. The molecular weight excluding hydrogens is 427 g/mol. The maximum atomic E-state index is 13.9. The van der Waals surface area contributed by atoms with E-state index in [1.807, 2.05) is 52.0 Å². The van der Waals surface area contributed by atoms with Gasteiger partial charge >= 0.3 is 0 Å². The summed E-state index contributed by atoms with van der Waals surface area (Å²) in [6.07, 6.45) is 0.488. The van der Waals surface area contributed by atoms with Gasteiger partial charge in [-0.05, 0) is 56.5 Å². The topological polar surface area (TPSA) is 58.6 Å². The van der Waals surface area contributed by atoms with E-state index < -0.39 is 11.6 Å². The Morgan fingerprint density at radius 3 is 2.34 bits per heavy atom. The van der Waals surface area contributed by atoms with Crippen molar-refractivity contribution in [3.8, 4) is 5.75 Å². The molecule has 0 saturated heterocycles. The molecule has 2 aromatic carbocycles. The molecular formula is C25H33FN2O3S. The molecule has 2 rings (SSSR count). The summed E-state index contributed by atoms with van der Waals surface area (Å²) in [5.41, 5.74) is 1.06. The Morgan fingerprint density at radius 1 is 1.12 bits per heavy atom. The molecule has 0 aliphatic carbocycles. The molecule has 0 fully saturated rings. The summed E-state index contributed by atoms with van der Waals surface area (Å²) in [6.45, 7) is 7.94. The molecule has 1 atom stereocenters. The SMILES string of the molecule is CC[C@@H](C(=O)NC(C)(C)C)N(Cc1ccc(OC)cc1)C(=O)CSCc1ccccc1F. The Morgan fingerprint density at radius 2 is 1.78 bits per heavy atom. The van der Waals surface area contributed by atoms with Gasteiger partial charge in [-0.25, -0.2) is 4.39 Å². The number of hydrogen-bond donors (Lipinski definition) is 1. The van der Waals surface area contributed by atoms with Crippen molar-refractivity contribution in [2.24, 2.45) is 0 Å². The lowest BCUT2D eigenvalue weighted by Gasteiger charge is -2.33. The monoisotopic (exact) mass is 460 g/mol. The van der Waals surface area contributed by atoms with E-state index in [0.29, 0.717) is 24.3 Å². The van der Waals surface area contributed by atoms with Gasteiger partial charge in [0.1, 0.15) is 17.6 Å². The standard InChI is InChI=1S/C25H33FN2O3S/c1-6-22(24(30)27-25(2,3)4)28(15-18-11-13-20(31-5)14-12-18)23(29)17-32-16-19-9-7-8-10-21(19)26/h7-14,22H,6,15-17H2,1-5H3,(H,27,30)/t22-/m0/s1. The first-order valence-corrected chi connectivity index (χ1v) is 11.9. The molecule has 0 saturated carbocycles. The first-order valence-electron chi connectivity index (χ1n) is 10.7. The second-order valence-corrected chi connectivity index (χ2v) is 9.60. The summed E-state index contributed by atoms with van der Waals surface area (Å²) in [7, 11) is 1.60. The van der Waals surface area contributed by atoms with E-state index >= 15 is 0 Å². The number of carbonyl (C=O) groups excluding carboxylic acids is 2. The highest BCUT2D eigenvalue weighted by molar-refractivity contribution is 7.99. The van der Waals surface area contributed by atoms with Crippen LogP contribution in [0.1, 0.15) is 45.2 Å². The third-order valence-corrected chi connectivity index (χ3v) is 5.80. The van der Waals surface area contributed by atoms with Crippen molar-refractivity contribution < 1.29 is 18.7 Å². The second kappa shape index (κ2) is 11.9. The number of nitrogens with one attached hydrogen (secondary N) is 1. The largest absolute Gasteiger partial charge is 0.497 e. The second-order valence-electron chi connectivity index (χ2n) is 8.62. The highest BCUT2D eigenvalue weighted by Gasteiger charge is 2.30. The van der Waals surface area contributed by atoms with Crippen molar-refractivity contribution in [3.63, 3.8) is 0 Å². The fraction of sp³-hybridized carbons (Fsp3) is 0.440. The minimum Gasteiger partial charge on any atom is -0.497 e. The normalized spacial score (nSPS) is 12.2. The van der Waals surface area contributed by atoms with E-state index in [4.69, 9.17) is 4.74 Å². The van der Waals surface area contributed by atoms with Crippen LogP contribution < -0.4 is 10.1 Å². The molecule has 5 nitrogen and oxygen atoms in total. The molecule has 32 heavy (non-hydrogen) atoms. The van der Waals surface area contributed by atoms with Gasteiger partial charge in [-0.3, -0.25) is 9.59 Å². The Labute approximate surface area is 194 Å². The number of thioether (sulfide) groups is 1. The molecule has 0 heterocycles. The molecule has 0 radical (unpaired) electrons. The molecule has 2 amide bonds. The summed E-state index contributed by atoms with van der Waals surface area (Å²) >= 11 is 1.34. The minimum atomic E-state index is -0.599. The van der Waals surface area contributed by atoms with Crippen LogP contribution in [-0.4, -0.2) is 41.2 Å². The number of nitrogens with zero attached hydrogens (tertiary/aromatic N) is 1. The molecule has 1 N–H and O–H groups in total. The molecule has 2 aromatic rings. The molecule has 174 valence electrons. The number of amides is 2. The quantitative estimate of drug-likeness (QED) is 0.554. The third kappa shape index (κ3) is 7.86. The van der Waals surface area contributed by atoms with E-state index in [-0.39, 0.29) is 23.4 Å². The van der Waals surface area contributed by atoms with Gasteiger partial charge < -0.3 is 15.0 Å².